The van der Waals surface area contributed by atoms with Gasteiger partial charge >= 0.3 is 10.4 Å². The predicted molar refractivity (Wildman–Crippen MR) is 106 cm³/mol. The van der Waals surface area contributed by atoms with Crippen molar-refractivity contribution in [3.8, 4) is 0 Å². The molecule has 1 aromatic heterocycles. The summed E-state index contributed by atoms with van der Waals surface area (Å²) in [5, 5.41) is 14.6. The Balaban J connectivity index is 1.92. The number of nitrogens with zero attached hydrogens (tertiary/aromatic N) is 3. The van der Waals surface area contributed by atoms with Gasteiger partial charge in [0.15, 0.2) is 17.9 Å². The van der Waals surface area contributed by atoms with Crippen molar-refractivity contribution in [1.82, 2.24) is 15.0 Å². The summed E-state index contributed by atoms with van der Waals surface area (Å²) >= 11 is -1.99. The second-order valence-electron chi connectivity index (χ2n) is 5.46. The van der Waals surface area contributed by atoms with Crippen LogP contribution in [0.4, 0.5) is 17.6 Å². The molecule has 0 bridgehead atoms. The van der Waals surface area contributed by atoms with Gasteiger partial charge in [-0.05, 0) is 31.2 Å². The number of aryl methyl sites for hydroxylation is 1. The Labute approximate surface area is 175 Å². The van der Waals surface area contributed by atoms with Gasteiger partial charge in [-0.3, -0.25) is 8.74 Å². The van der Waals surface area contributed by atoms with Crippen molar-refractivity contribution >= 4 is 39.1 Å². The van der Waals surface area contributed by atoms with Crippen molar-refractivity contribution in [2.75, 3.05) is 43.8 Å². The van der Waals surface area contributed by atoms with E-state index >= 15 is 0 Å². The number of nitrogens with one attached hydrogen (secondary N) is 2. The molecule has 0 radical (unpaired) electrons. The highest BCUT2D eigenvalue weighted by Crippen LogP contribution is 2.17. The molecule has 30 heavy (non-hydrogen) atoms. The van der Waals surface area contributed by atoms with E-state index in [1.165, 1.54) is 12.1 Å². The number of rotatable bonds is 13. The van der Waals surface area contributed by atoms with E-state index in [1.54, 1.807) is 19.1 Å². The van der Waals surface area contributed by atoms with Gasteiger partial charge in [-0.1, -0.05) is 0 Å². The lowest BCUT2D eigenvalue weighted by Crippen LogP contribution is -2.14. The fourth-order valence-corrected chi connectivity index (χ4v) is 2.85. The Morgan fingerprint density at radius 1 is 1.10 bits per heavy atom. The molecule has 0 spiro atoms. The SMILES string of the molecule is Cc1nc(NCCOCCO)nc(Nc2ccc(S(=O)OCOS(=O)(=O)O)cc2)n1. The third-order valence-electron chi connectivity index (χ3n) is 3.17. The van der Waals surface area contributed by atoms with Crippen LogP contribution < -0.4 is 10.6 Å². The molecule has 0 saturated carbocycles. The smallest absolute Gasteiger partial charge is 0.394 e. The maximum absolute atomic E-state index is 11.9. The minimum atomic E-state index is -4.67. The molecule has 166 valence electrons. The standard InChI is InChI=1S/C15H21N5O8S2/c1-11-17-14(16-6-8-26-9-7-21)20-15(18-11)19-12-2-4-13(5-3-12)29(22)27-10-28-30(23,24)25/h2-5,21H,6-10H2,1H3,(H,23,24,25)(H2,16,17,18,19,20). The molecule has 1 aromatic carbocycles. The molecule has 0 saturated heterocycles. The Hall–Kier alpha value is -2.27. The van der Waals surface area contributed by atoms with Gasteiger partial charge in [0.25, 0.3) is 0 Å². The maximum atomic E-state index is 11.9. The normalized spacial score (nSPS) is 12.5. The van der Waals surface area contributed by atoms with Crippen molar-refractivity contribution in [2.24, 2.45) is 0 Å². The average molecular weight is 463 g/mol. The van der Waals surface area contributed by atoms with Crippen LogP contribution in [0, 0.1) is 6.92 Å². The van der Waals surface area contributed by atoms with E-state index < -0.39 is 28.3 Å². The Kier molecular flexibility index (Phi) is 9.44. The molecular formula is C15H21N5O8S2. The molecule has 1 heterocycles. The number of hydrogen-bond donors (Lipinski definition) is 4. The molecule has 2 rings (SSSR count). The zero-order valence-corrected chi connectivity index (χ0v) is 17.5. The fourth-order valence-electron chi connectivity index (χ4n) is 1.99. The summed E-state index contributed by atoms with van der Waals surface area (Å²) in [4.78, 5) is 12.8. The molecule has 0 fully saturated rings. The van der Waals surface area contributed by atoms with Crippen LogP contribution in [0.1, 0.15) is 5.82 Å². The van der Waals surface area contributed by atoms with Crippen LogP contribution in [-0.4, -0.2) is 70.4 Å². The van der Waals surface area contributed by atoms with Gasteiger partial charge in [0.2, 0.25) is 11.9 Å². The molecule has 1 atom stereocenters. The molecule has 2 aromatic rings. The number of aliphatic hydroxyl groups is 1. The van der Waals surface area contributed by atoms with Gasteiger partial charge in [0.1, 0.15) is 5.82 Å². The van der Waals surface area contributed by atoms with E-state index in [4.69, 9.17) is 14.4 Å². The molecule has 0 aliphatic rings. The highest BCUT2D eigenvalue weighted by molar-refractivity contribution is 7.81. The number of hydrogen-bond acceptors (Lipinski definition) is 12. The van der Waals surface area contributed by atoms with E-state index in [9.17, 15) is 12.6 Å². The molecule has 1 unspecified atom stereocenters. The van der Waals surface area contributed by atoms with Crippen LogP contribution in [0.2, 0.25) is 0 Å². The first-order valence-electron chi connectivity index (χ1n) is 8.46. The third-order valence-corrected chi connectivity index (χ3v) is 4.53. The first-order valence-corrected chi connectivity index (χ1v) is 10.9. The summed E-state index contributed by atoms with van der Waals surface area (Å²) in [6, 6.07) is 6.15. The average Bonchev–Trinajstić information content (AvgIpc) is 2.67. The largest absolute Gasteiger partial charge is 0.399 e. The van der Waals surface area contributed by atoms with Crippen molar-refractivity contribution in [1.29, 1.82) is 0 Å². The lowest BCUT2D eigenvalue weighted by molar-refractivity contribution is 0.0991. The van der Waals surface area contributed by atoms with Crippen LogP contribution >= 0.6 is 0 Å². The number of anilines is 3. The molecule has 0 aliphatic carbocycles. The van der Waals surface area contributed by atoms with E-state index in [0.717, 1.165) is 0 Å². The molecule has 15 heteroatoms. The summed E-state index contributed by atoms with van der Waals surface area (Å²) in [5.74, 6) is 1.12. The van der Waals surface area contributed by atoms with Gasteiger partial charge in [0, 0.05) is 12.2 Å². The Bertz CT molecular complexity index is 943. The van der Waals surface area contributed by atoms with Crippen LogP contribution in [0.25, 0.3) is 0 Å². The first-order chi connectivity index (χ1) is 14.3. The van der Waals surface area contributed by atoms with Crippen molar-refractivity contribution < 1.29 is 35.4 Å². The van der Waals surface area contributed by atoms with Crippen molar-refractivity contribution in [3.63, 3.8) is 0 Å². The van der Waals surface area contributed by atoms with E-state index in [2.05, 4.69) is 34.0 Å². The molecule has 0 aliphatic heterocycles. The second-order valence-corrected chi connectivity index (χ2v) is 7.73. The molecule has 0 amide bonds. The lowest BCUT2D eigenvalue weighted by atomic mass is 10.3. The summed E-state index contributed by atoms with van der Waals surface area (Å²) in [7, 11) is -4.67. The van der Waals surface area contributed by atoms with Crippen molar-refractivity contribution in [2.45, 2.75) is 11.8 Å². The molecule has 4 N–H and O–H groups in total. The monoisotopic (exact) mass is 463 g/mol. The van der Waals surface area contributed by atoms with Gasteiger partial charge < -0.3 is 20.5 Å². The van der Waals surface area contributed by atoms with Gasteiger partial charge in [-0.2, -0.15) is 23.4 Å². The van der Waals surface area contributed by atoms with Crippen LogP contribution in [0.15, 0.2) is 29.2 Å². The van der Waals surface area contributed by atoms with Crippen molar-refractivity contribution in [3.05, 3.63) is 30.1 Å². The Morgan fingerprint density at radius 3 is 2.47 bits per heavy atom. The van der Waals surface area contributed by atoms with Crippen LogP contribution in [-0.2, 0) is 34.6 Å². The summed E-state index contributed by atoms with van der Waals surface area (Å²) in [6.45, 7) is 1.85. The summed E-state index contributed by atoms with van der Waals surface area (Å²) in [5.41, 5.74) is 0.591. The number of aliphatic hydroxyl groups excluding tert-OH is 1. The minimum Gasteiger partial charge on any atom is -0.394 e. The van der Waals surface area contributed by atoms with Gasteiger partial charge in [-0.15, -0.1) is 0 Å². The van der Waals surface area contributed by atoms with Gasteiger partial charge in [0.05, 0.1) is 24.7 Å². The van der Waals surface area contributed by atoms with Crippen LogP contribution in [0.3, 0.4) is 0 Å². The zero-order valence-electron chi connectivity index (χ0n) is 15.8. The highest BCUT2D eigenvalue weighted by Gasteiger charge is 2.10. The zero-order chi connectivity index (χ0) is 22.0. The third kappa shape index (κ3) is 9.04. The maximum Gasteiger partial charge on any atom is 0.399 e. The quantitative estimate of drug-likeness (QED) is 0.179. The summed E-state index contributed by atoms with van der Waals surface area (Å²) < 4.78 is 55.0. The highest BCUT2D eigenvalue weighted by atomic mass is 32.3. The number of ether oxygens (including phenoxy) is 1. The van der Waals surface area contributed by atoms with E-state index in [1.807, 2.05) is 0 Å². The number of aromatic nitrogens is 3. The Morgan fingerprint density at radius 2 is 1.80 bits per heavy atom. The second kappa shape index (κ2) is 11.8. The van der Waals surface area contributed by atoms with E-state index in [0.29, 0.717) is 30.6 Å². The fraction of sp³-hybridized carbons (Fsp3) is 0.400. The summed E-state index contributed by atoms with van der Waals surface area (Å²) in [6.07, 6.45) is 0. The topological polar surface area (TPSA) is 182 Å². The predicted octanol–water partition coefficient (Wildman–Crippen LogP) is 0.161. The lowest BCUT2D eigenvalue weighted by Gasteiger charge is -2.09. The molecule has 13 nitrogen and oxygen atoms in total. The minimum absolute atomic E-state index is 0.0459. The number of benzene rings is 1. The van der Waals surface area contributed by atoms with Crippen LogP contribution in [0.5, 0.6) is 0 Å². The first kappa shape index (κ1) is 24.0. The van der Waals surface area contributed by atoms with Gasteiger partial charge in [-0.25, -0.2) is 8.39 Å². The van der Waals surface area contributed by atoms with E-state index in [-0.39, 0.29) is 24.1 Å². The molecular weight excluding hydrogens is 442 g/mol.